The van der Waals surface area contributed by atoms with E-state index in [0.29, 0.717) is 21.6 Å². The highest BCUT2D eigenvalue weighted by molar-refractivity contribution is 6.35. The smallest absolute Gasteiger partial charge is 0.174 e. The van der Waals surface area contributed by atoms with Gasteiger partial charge in [-0.3, -0.25) is 5.43 Å². The minimum absolute atomic E-state index is 0.0225. The lowest BCUT2D eigenvalue weighted by molar-refractivity contribution is 0.368. The van der Waals surface area contributed by atoms with Crippen molar-refractivity contribution in [3.8, 4) is 11.8 Å². The number of nitrogens with one attached hydrogen (secondary N) is 1. The molecule has 0 aliphatic rings. The first kappa shape index (κ1) is 16.1. The molecule has 0 saturated carbocycles. The van der Waals surface area contributed by atoms with E-state index < -0.39 is 0 Å². The van der Waals surface area contributed by atoms with Crippen LogP contribution in [0.2, 0.25) is 10.0 Å². The van der Waals surface area contributed by atoms with E-state index in [0.717, 1.165) is 11.3 Å². The summed E-state index contributed by atoms with van der Waals surface area (Å²) in [4.78, 5) is 4.06. The molecule has 2 rings (SSSR count). The van der Waals surface area contributed by atoms with Crippen LogP contribution in [0, 0.1) is 11.3 Å². The summed E-state index contributed by atoms with van der Waals surface area (Å²) in [6, 6.07) is 10.8. The summed E-state index contributed by atoms with van der Waals surface area (Å²) < 4.78 is 5.19. The highest BCUT2D eigenvalue weighted by atomic mass is 35.5. The van der Waals surface area contributed by atoms with E-state index in [4.69, 9.17) is 33.2 Å². The molecule has 0 atom stereocenters. The van der Waals surface area contributed by atoms with Crippen LogP contribution < -0.4 is 10.2 Å². The molecule has 0 amide bonds. The van der Waals surface area contributed by atoms with Gasteiger partial charge < -0.3 is 4.74 Å². The number of rotatable bonds is 5. The molecule has 0 saturated heterocycles. The van der Waals surface area contributed by atoms with Crippen molar-refractivity contribution in [2.75, 3.05) is 12.0 Å². The van der Waals surface area contributed by atoms with Gasteiger partial charge in [0.25, 0.3) is 0 Å². The first-order valence-corrected chi connectivity index (χ1v) is 7.07. The number of benzene rings is 1. The second kappa shape index (κ2) is 7.64. The molecule has 22 heavy (non-hydrogen) atoms. The zero-order valence-corrected chi connectivity index (χ0v) is 13.2. The van der Waals surface area contributed by atoms with E-state index in [1.807, 2.05) is 25.1 Å². The highest BCUT2D eigenvalue weighted by Crippen LogP contribution is 2.22. The maximum Gasteiger partial charge on any atom is 0.174 e. The molecule has 0 aliphatic carbocycles. The number of nitriles is 1. The third kappa shape index (κ3) is 4.35. The van der Waals surface area contributed by atoms with Crippen LogP contribution in [-0.2, 0) is 0 Å². The molecule has 0 aliphatic heterocycles. The van der Waals surface area contributed by atoms with Crippen molar-refractivity contribution in [1.82, 2.24) is 4.98 Å². The Balaban J connectivity index is 2.07. The van der Waals surface area contributed by atoms with Crippen molar-refractivity contribution in [3.63, 3.8) is 0 Å². The van der Waals surface area contributed by atoms with Gasteiger partial charge in [0.2, 0.25) is 0 Å². The van der Waals surface area contributed by atoms with Crippen molar-refractivity contribution in [2.24, 2.45) is 5.10 Å². The van der Waals surface area contributed by atoms with Crippen LogP contribution in [-0.4, -0.2) is 17.3 Å². The SMILES string of the molecule is C/C(=N/Nc1ncc(Cl)cc1Cl)c1ccc(OCC#N)cc1. The molecule has 1 aromatic carbocycles. The van der Waals surface area contributed by atoms with Crippen LogP contribution in [0.1, 0.15) is 12.5 Å². The van der Waals surface area contributed by atoms with Crippen molar-refractivity contribution < 1.29 is 4.74 Å². The number of hydrogen-bond donors (Lipinski definition) is 1. The second-order valence-electron chi connectivity index (χ2n) is 4.26. The topological polar surface area (TPSA) is 70.3 Å². The van der Waals surface area contributed by atoms with E-state index in [-0.39, 0.29) is 6.61 Å². The predicted octanol–water partition coefficient (Wildman–Crippen LogP) is 4.13. The van der Waals surface area contributed by atoms with Gasteiger partial charge in [0.15, 0.2) is 12.4 Å². The lowest BCUT2D eigenvalue weighted by Gasteiger charge is -2.06. The summed E-state index contributed by atoms with van der Waals surface area (Å²) in [5.41, 5.74) is 4.45. The summed E-state index contributed by atoms with van der Waals surface area (Å²) in [5.74, 6) is 1.06. The van der Waals surface area contributed by atoms with E-state index in [9.17, 15) is 0 Å². The molecule has 112 valence electrons. The Morgan fingerprint density at radius 2 is 2.09 bits per heavy atom. The number of hydrogen-bond acceptors (Lipinski definition) is 5. The van der Waals surface area contributed by atoms with Crippen LogP contribution in [0.25, 0.3) is 0 Å². The summed E-state index contributed by atoms with van der Waals surface area (Å²) in [5, 5.41) is 13.5. The number of halogens is 2. The van der Waals surface area contributed by atoms with Gasteiger partial charge >= 0.3 is 0 Å². The lowest BCUT2D eigenvalue weighted by Crippen LogP contribution is -2.01. The minimum Gasteiger partial charge on any atom is -0.479 e. The molecule has 2 aromatic rings. The van der Waals surface area contributed by atoms with Crippen LogP contribution in [0.3, 0.4) is 0 Å². The van der Waals surface area contributed by atoms with Gasteiger partial charge in [-0.15, -0.1) is 0 Å². The van der Waals surface area contributed by atoms with Gasteiger partial charge in [0, 0.05) is 6.20 Å². The Labute approximate surface area is 138 Å². The molecular weight excluding hydrogens is 323 g/mol. The van der Waals surface area contributed by atoms with Crippen LogP contribution >= 0.6 is 23.2 Å². The normalized spacial score (nSPS) is 10.9. The number of ether oxygens (including phenoxy) is 1. The Bertz CT molecular complexity index is 723. The van der Waals surface area contributed by atoms with Crippen LogP contribution in [0.15, 0.2) is 41.6 Å². The predicted molar refractivity (Wildman–Crippen MR) is 87.6 cm³/mol. The Hall–Kier alpha value is -2.29. The van der Waals surface area contributed by atoms with E-state index >= 15 is 0 Å². The van der Waals surface area contributed by atoms with Gasteiger partial charge in [0.05, 0.1) is 15.8 Å². The van der Waals surface area contributed by atoms with Crippen molar-refractivity contribution in [2.45, 2.75) is 6.92 Å². The fourth-order valence-corrected chi connectivity index (χ4v) is 2.03. The zero-order valence-electron chi connectivity index (χ0n) is 11.7. The fraction of sp³-hybridized carbons (Fsp3) is 0.133. The average Bonchev–Trinajstić information content (AvgIpc) is 2.52. The number of anilines is 1. The van der Waals surface area contributed by atoms with Gasteiger partial charge in [0.1, 0.15) is 11.8 Å². The number of hydrazone groups is 1. The molecular formula is C15H12Cl2N4O. The third-order valence-corrected chi connectivity index (χ3v) is 3.21. The zero-order chi connectivity index (χ0) is 15.9. The second-order valence-corrected chi connectivity index (χ2v) is 5.11. The Morgan fingerprint density at radius 1 is 1.36 bits per heavy atom. The molecule has 1 heterocycles. The van der Waals surface area contributed by atoms with Gasteiger partial charge in [-0.05, 0) is 42.8 Å². The Morgan fingerprint density at radius 3 is 2.73 bits per heavy atom. The highest BCUT2D eigenvalue weighted by Gasteiger charge is 2.03. The average molecular weight is 335 g/mol. The van der Waals surface area contributed by atoms with E-state index in [1.54, 1.807) is 18.2 Å². The summed E-state index contributed by atoms with van der Waals surface area (Å²) in [7, 11) is 0. The van der Waals surface area contributed by atoms with Crippen LogP contribution in [0.4, 0.5) is 5.82 Å². The molecule has 0 unspecified atom stereocenters. The van der Waals surface area contributed by atoms with Gasteiger partial charge in [-0.1, -0.05) is 23.2 Å². The molecule has 1 aromatic heterocycles. The number of aromatic nitrogens is 1. The summed E-state index contributed by atoms with van der Waals surface area (Å²) in [6.07, 6.45) is 1.49. The van der Waals surface area contributed by atoms with E-state index in [1.165, 1.54) is 6.20 Å². The standard InChI is InChI=1S/C15H12Cl2N4O/c1-10(11-2-4-13(5-3-11)22-7-6-18)20-21-15-14(17)8-12(16)9-19-15/h2-5,8-9H,7H2,1H3,(H,19,21)/b20-10-. The monoisotopic (exact) mass is 334 g/mol. The lowest BCUT2D eigenvalue weighted by atomic mass is 10.1. The fourth-order valence-electron chi connectivity index (χ4n) is 1.61. The van der Waals surface area contributed by atoms with Crippen molar-refractivity contribution >= 4 is 34.7 Å². The minimum atomic E-state index is 0.0225. The first-order valence-electron chi connectivity index (χ1n) is 6.31. The third-order valence-electron chi connectivity index (χ3n) is 2.71. The van der Waals surface area contributed by atoms with E-state index in [2.05, 4.69) is 15.5 Å². The molecule has 0 radical (unpaired) electrons. The van der Waals surface area contributed by atoms with Crippen molar-refractivity contribution in [3.05, 3.63) is 52.1 Å². The van der Waals surface area contributed by atoms with Crippen molar-refractivity contribution in [1.29, 1.82) is 5.26 Å². The Kier molecular flexibility index (Phi) is 5.59. The maximum absolute atomic E-state index is 8.46. The molecule has 0 fully saturated rings. The van der Waals surface area contributed by atoms with Gasteiger partial charge in [-0.2, -0.15) is 10.4 Å². The molecule has 1 N–H and O–H groups in total. The molecule has 0 spiro atoms. The van der Waals surface area contributed by atoms with Crippen LogP contribution in [0.5, 0.6) is 5.75 Å². The maximum atomic E-state index is 8.46. The molecule has 0 bridgehead atoms. The quantitative estimate of drug-likeness (QED) is 0.659. The van der Waals surface area contributed by atoms with Gasteiger partial charge in [-0.25, -0.2) is 4.98 Å². The summed E-state index contributed by atoms with van der Waals surface area (Å²) in [6.45, 7) is 1.87. The molecule has 7 heteroatoms. The molecule has 5 nitrogen and oxygen atoms in total. The summed E-state index contributed by atoms with van der Waals surface area (Å²) >= 11 is 11.8. The largest absolute Gasteiger partial charge is 0.479 e. The number of pyridine rings is 1. The number of nitrogens with zero attached hydrogens (tertiary/aromatic N) is 3. The first-order chi connectivity index (χ1) is 10.6.